The highest BCUT2D eigenvalue weighted by Crippen LogP contribution is 2.60. The Morgan fingerprint density at radius 3 is 1.65 bits per heavy atom. The van der Waals surface area contributed by atoms with Crippen molar-refractivity contribution in [1.29, 1.82) is 0 Å². The maximum absolute atomic E-state index is 12.5. The second-order valence-electron chi connectivity index (χ2n) is 7.26. The van der Waals surface area contributed by atoms with Gasteiger partial charge in [0.15, 0.2) is 0 Å². The smallest absolute Gasteiger partial charge is 0.140 e. The first kappa shape index (κ1) is 15.0. The van der Waals surface area contributed by atoms with E-state index in [4.69, 9.17) is 0 Å². The predicted octanol–water partition coefficient (Wildman–Crippen LogP) is 5.65. The maximum atomic E-state index is 12.5. The topological polar surface area (TPSA) is 17.1 Å². The van der Waals surface area contributed by atoms with Gasteiger partial charge in [0, 0.05) is 12.1 Å². The van der Waals surface area contributed by atoms with Gasteiger partial charge in [0.25, 0.3) is 0 Å². The van der Waals surface area contributed by atoms with E-state index in [1.165, 1.54) is 83.5 Å². The molecule has 0 spiro atoms. The molecule has 0 aromatic heterocycles. The SMILES string of the molecule is O=C1CCCCC1P(C1CCCCC1)C1CCCCC1. The molecule has 0 aromatic carbocycles. The maximum Gasteiger partial charge on any atom is 0.140 e. The van der Waals surface area contributed by atoms with Gasteiger partial charge >= 0.3 is 0 Å². The zero-order chi connectivity index (χ0) is 13.8. The third-order valence-corrected chi connectivity index (χ3v) is 9.86. The number of hydrogen-bond acceptors (Lipinski definition) is 1. The van der Waals surface area contributed by atoms with Crippen molar-refractivity contribution < 1.29 is 4.79 Å². The van der Waals surface area contributed by atoms with Crippen LogP contribution in [0.25, 0.3) is 0 Å². The molecule has 0 amide bonds. The Labute approximate surface area is 126 Å². The van der Waals surface area contributed by atoms with Gasteiger partial charge in [-0.05, 0) is 49.8 Å². The van der Waals surface area contributed by atoms with Gasteiger partial charge < -0.3 is 0 Å². The van der Waals surface area contributed by atoms with E-state index < -0.39 is 0 Å². The number of ketones is 1. The second-order valence-corrected chi connectivity index (χ2v) is 10.2. The normalized spacial score (nSPS) is 30.9. The lowest BCUT2D eigenvalue weighted by Gasteiger charge is -2.43. The monoisotopic (exact) mass is 294 g/mol. The Balaban J connectivity index is 1.75. The van der Waals surface area contributed by atoms with E-state index in [1.807, 2.05) is 0 Å². The average molecular weight is 294 g/mol. The van der Waals surface area contributed by atoms with E-state index in [1.54, 1.807) is 0 Å². The lowest BCUT2D eigenvalue weighted by Crippen LogP contribution is -2.33. The molecule has 1 atom stereocenters. The van der Waals surface area contributed by atoms with Crippen LogP contribution in [0.5, 0.6) is 0 Å². The Bertz CT molecular complexity index is 297. The van der Waals surface area contributed by atoms with Crippen LogP contribution in [0.1, 0.15) is 89.9 Å². The van der Waals surface area contributed by atoms with Crippen LogP contribution in [0, 0.1) is 0 Å². The molecule has 0 aliphatic heterocycles. The van der Waals surface area contributed by atoms with Crippen LogP contribution in [-0.2, 0) is 4.79 Å². The summed E-state index contributed by atoms with van der Waals surface area (Å²) in [4.78, 5) is 12.5. The highest BCUT2D eigenvalue weighted by molar-refractivity contribution is 7.61. The molecule has 3 rings (SSSR count). The van der Waals surface area contributed by atoms with Crippen molar-refractivity contribution in [2.75, 3.05) is 0 Å². The fraction of sp³-hybridized carbons (Fsp3) is 0.944. The van der Waals surface area contributed by atoms with Gasteiger partial charge in [-0.25, -0.2) is 0 Å². The van der Waals surface area contributed by atoms with Gasteiger partial charge in [-0.15, -0.1) is 0 Å². The van der Waals surface area contributed by atoms with Crippen molar-refractivity contribution in [3.05, 3.63) is 0 Å². The number of carbonyl (C=O) groups excluding carboxylic acids is 1. The van der Waals surface area contributed by atoms with Gasteiger partial charge in [-0.2, -0.15) is 0 Å². The molecule has 0 radical (unpaired) electrons. The highest BCUT2D eigenvalue weighted by Gasteiger charge is 2.39. The van der Waals surface area contributed by atoms with Gasteiger partial charge in [0.05, 0.1) is 0 Å². The molecular weight excluding hydrogens is 263 g/mol. The van der Waals surface area contributed by atoms with Gasteiger partial charge in [0.2, 0.25) is 0 Å². The first-order chi connectivity index (χ1) is 9.86. The van der Waals surface area contributed by atoms with Crippen molar-refractivity contribution in [2.45, 2.75) is 107 Å². The molecule has 0 heterocycles. The van der Waals surface area contributed by atoms with Crippen molar-refractivity contribution in [3.8, 4) is 0 Å². The number of rotatable bonds is 3. The molecule has 3 aliphatic carbocycles. The molecule has 0 saturated heterocycles. The lowest BCUT2D eigenvalue weighted by molar-refractivity contribution is -0.119. The molecule has 1 unspecified atom stereocenters. The zero-order valence-corrected chi connectivity index (χ0v) is 13.9. The summed E-state index contributed by atoms with van der Waals surface area (Å²) in [6.07, 6.45) is 19.1. The van der Waals surface area contributed by atoms with Crippen LogP contribution >= 0.6 is 7.92 Å². The quantitative estimate of drug-likeness (QED) is 0.615. The van der Waals surface area contributed by atoms with Crippen LogP contribution in [0.15, 0.2) is 0 Å². The van der Waals surface area contributed by atoms with Crippen LogP contribution < -0.4 is 0 Å². The van der Waals surface area contributed by atoms with Gasteiger partial charge in [-0.3, -0.25) is 4.79 Å². The Morgan fingerprint density at radius 1 is 0.650 bits per heavy atom. The molecular formula is C18H31OP. The third kappa shape index (κ3) is 3.46. The molecule has 3 aliphatic rings. The van der Waals surface area contributed by atoms with E-state index in [-0.39, 0.29) is 7.92 Å². The Morgan fingerprint density at radius 2 is 1.15 bits per heavy atom. The summed E-state index contributed by atoms with van der Waals surface area (Å²) in [7, 11) is -0.00404. The largest absolute Gasteiger partial charge is 0.299 e. The van der Waals surface area contributed by atoms with Crippen molar-refractivity contribution in [3.63, 3.8) is 0 Å². The van der Waals surface area contributed by atoms with Gasteiger partial charge in [0.1, 0.15) is 5.78 Å². The lowest BCUT2D eigenvalue weighted by atomic mass is 9.98. The molecule has 114 valence electrons. The minimum Gasteiger partial charge on any atom is -0.299 e. The highest BCUT2D eigenvalue weighted by atomic mass is 31.1. The molecule has 0 aromatic rings. The van der Waals surface area contributed by atoms with E-state index >= 15 is 0 Å². The number of hydrogen-bond donors (Lipinski definition) is 0. The molecule has 20 heavy (non-hydrogen) atoms. The molecule has 2 heteroatoms. The number of Topliss-reactive ketones (excluding diaryl/α,β-unsaturated/α-hetero) is 1. The predicted molar refractivity (Wildman–Crippen MR) is 87.9 cm³/mol. The van der Waals surface area contributed by atoms with Crippen molar-refractivity contribution in [1.82, 2.24) is 0 Å². The summed E-state index contributed by atoms with van der Waals surface area (Å²) >= 11 is 0. The summed E-state index contributed by atoms with van der Waals surface area (Å²) in [5.41, 5.74) is 2.42. The van der Waals surface area contributed by atoms with Gasteiger partial charge in [-0.1, -0.05) is 52.9 Å². The standard InChI is InChI=1S/C18H31OP/c19-17-13-7-8-14-18(17)20(15-9-3-1-4-10-15)16-11-5-2-6-12-16/h15-16,18H,1-14H2. The summed E-state index contributed by atoms with van der Waals surface area (Å²) in [5, 5.41) is 0. The summed E-state index contributed by atoms with van der Waals surface area (Å²) in [6, 6.07) is 0. The fourth-order valence-electron chi connectivity index (χ4n) is 4.85. The summed E-state index contributed by atoms with van der Waals surface area (Å²) in [6.45, 7) is 0. The number of carbonyl (C=O) groups is 1. The minimum atomic E-state index is -0.00404. The van der Waals surface area contributed by atoms with Crippen LogP contribution in [0.4, 0.5) is 0 Å². The van der Waals surface area contributed by atoms with Crippen molar-refractivity contribution in [2.24, 2.45) is 0 Å². The van der Waals surface area contributed by atoms with Crippen LogP contribution in [0.3, 0.4) is 0 Å². The van der Waals surface area contributed by atoms with Crippen molar-refractivity contribution >= 4 is 13.7 Å². The molecule has 3 fully saturated rings. The molecule has 0 N–H and O–H groups in total. The second kappa shape index (κ2) is 7.39. The fourth-order valence-corrected chi connectivity index (χ4v) is 9.32. The first-order valence-corrected chi connectivity index (χ1v) is 10.7. The average Bonchev–Trinajstić information content (AvgIpc) is 2.52. The zero-order valence-electron chi connectivity index (χ0n) is 13.0. The van der Waals surface area contributed by atoms with Crippen LogP contribution in [-0.4, -0.2) is 22.8 Å². The Hall–Kier alpha value is 0.100. The molecule has 1 nitrogen and oxygen atoms in total. The summed E-state index contributed by atoms with van der Waals surface area (Å²) < 4.78 is 0. The van der Waals surface area contributed by atoms with E-state index in [2.05, 4.69) is 0 Å². The summed E-state index contributed by atoms with van der Waals surface area (Å²) in [5.74, 6) is 0.665. The minimum absolute atomic E-state index is 0.00404. The molecule has 0 bridgehead atoms. The Kier molecular flexibility index (Phi) is 5.55. The van der Waals surface area contributed by atoms with E-state index in [0.717, 1.165) is 17.7 Å². The molecule has 3 saturated carbocycles. The van der Waals surface area contributed by atoms with Crippen LogP contribution in [0.2, 0.25) is 0 Å². The first-order valence-electron chi connectivity index (χ1n) is 9.16. The third-order valence-electron chi connectivity index (χ3n) is 5.87. The van der Waals surface area contributed by atoms with E-state index in [9.17, 15) is 4.79 Å². The van der Waals surface area contributed by atoms with E-state index in [0.29, 0.717) is 11.4 Å².